The van der Waals surface area contributed by atoms with Crippen molar-refractivity contribution in [1.82, 2.24) is 24.1 Å². The number of hydrogen-bond acceptors (Lipinski definition) is 5. The molecule has 0 atom stereocenters. The number of ether oxygens (including phenoxy) is 1. The molecule has 0 aliphatic carbocycles. The van der Waals surface area contributed by atoms with Crippen molar-refractivity contribution in [3.05, 3.63) is 78.6 Å². The van der Waals surface area contributed by atoms with Crippen molar-refractivity contribution in [3.8, 4) is 23.0 Å². The molecule has 2 aromatic carbocycles. The standard InChI is InChI=1S/C24H21FN6O.2ClH/c1-15-13-31(14-26-15)20-11-12-21(28-24(20)32-3)27-18-5-4-6-19-22(18)29-23(30(19)2)16-7-9-17(25)10-8-16;;/h4-14H,1-3H3,(H,27,28);2*1H. The summed E-state index contributed by atoms with van der Waals surface area (Å²) >= 11 is 0. The summed E-state index contributed by atoms with van der Waals surface area (Å²) in [5, 5.41) is 3.35. The largest absolute Gasteiger partial charge is 0.479 e. The lowest BCUT2D eigenvalue weighted by Gasteiger charge is -2.11. The number of nitrogens with zero attached hydrogens (tertiary/aromatic N) is 5. The molecule has 0 spiro atoms. The smallest absolute Gasteiger partial charge is 0.240 e. The van der Waals surface area contributed by atoms with Crippen molar-refractivity contribution in [3.63, 3.8) is 0 Å². The van der Waals surface area contributed by atoms with Crippen molar-refractivity contribution in [2.75, 3.05) is 12.4 Å². The summed E-state index contributed by atoms with van der Waals surface area (Å²) in [5.74, 6) is 1.59. The van der Waals surface area contributed by atoms with E-state index in [1.165, 1.54) is 12.1 Å². The fraction of sp³-hybridized carbons (Fsp3) is 0.125. The topological polar surface area (TPSA) is 69.8 Å². The number of imidazole rings is 2. The molecule has 5 rings (SSSR count). The summed E-state index contributed by atoms with van der Waals surface area (Å²) in [6.07, 6.45) is 3.64. The molecule has 0 aliphatic heterocycles. The molecule has 3 aromatic heterocycles. The molecule has 10 heteroatoms. The van der Waals surface area contributed by atoms with Gasteiger partial charge in [0.2, 0.25) is 5.88 Å². The van der Waals surface area contributed by atoms with Gasteiger partial charge in [-0.05, 0) is 55.5 Å². The molecule has 0 aliphatic rings. The maximum absolute atomic E-state index is 13.4. The average Bonchev–Trinajstić information content (AvgIpc) is 3.38. The van der Waals surface area contributed by atoms with Crippen molar-refractivity contribution in [2.24, 2.45) is 7.05 Å². The van der Waals surface area contributed by atoms with E-state index < -0.39 is 0 Å². The third-order valence-electron chi connectivity index (χ3n) is 5.30. The van der Waals surface area contributed by atoms with Crippen molar-refractivity contribution in [2.45, 2.75) is 6.92 Å². The van der Waals surface area contributed by atoms with Crippen LogP contribution in [0.4, 0.5) is 15.9 Å². The normalized spacial score (nSPS) is 10.5. The predicted octanol–water partition coefficient (Wildman–Crippen LogP) is 5.86. The quantitative estimate of drug-likeness (QED) is 0.327. The molecule has 0 radical (unpaired) electrons. The van der Waals surface area contributed by atoms with E-state index in [1.54, 1.807) is 25.6 Å². The summed E-state index contributed by atoms with van der Waals surface area (Å²) in [7, 11) is 3.54. The number of halogens is 3. The summed E-state index contributed by atoms with van der Waals surface area (Å²) in [6, 6.07) is 16.1. The van der Waals surface area contributed by atoms with Gasteiger partial charge in [0.1, 0.15) is 28.7 Å². The van der Waals surface area contributed by atoms with Gasteiger partial charge in [-0.25, -0.2) is 14.4 Å². The molecule has 0 bridgehead atoms. The molecule has 0 saturated heterocycles. The van der Waals surface area contributed by atoms with Crippen LogP contribution < -0.4 is 10.1 Å². The molecule has 0 saturated carbocycles. The van der Waals surface area contributed by atoms with Crippen LogP contribution in [-0.4, -0.2) is 31.2 Å². The number of rotatable bonds is 5. The maximum Gasteiger partial charge on any atom is 0.240 e. The number of anilines is 2. The van der Waals surface area contributed by atoms with E-state index in [2.05, 4.69) is 15.3 Å². The monoisotopic (exact) mass is 500 g/mol. The Balaban J connectivity index is 0.00000162. The minimum Gasteiger partial charge on any atom is -0.479 e. The van der Waals surface area contributed by atoms with Crippen LogP contribution in [0.15, 0.2) is 67.1 Å². The summed E-state index contributed by atoms with van der Waals surface area (Å²) < 4.78 is 22.7. The van der Waals surface area contributed by atoms with Gasteiger partial charge in [0, 0.05) is 18.8 Å². The van der Waals surface area contributed by atoms with Crippen LogP contribution in [0.3, 0.4) is 0 Å². The van der Waals surface area contributed by atoms with E-state index in [4.69, 9.17) is 9.72 Å². The minimum absolute atomic E-state index is 0. The maximum atomic E-state index is 13.4. The van der Waals surface area contributed by atoms with E-state index in [-0.39, 0.29) is 30.6 Å². The summed E-state index contributed by atoms with van der Waals surface area (Å²) in [4.78, 5) is 13.7. The third kappa shape index (κ3) is 4.55. The molecular formula is C24H23Cl2FN6O. The highest BCUT2D eigenvalue weighted by molar-refractivity contribution is 5.92. The van der Waals surface area contributed by atoms with Gasteiger partial charge in [0.05, 0.1) is 30.3 Å². The van der Waals surface area contributed by atoms with Crippen molar-refractivity contribution in [1.29, 1.82) is 0 Å². The number of hydrogen-bond donors (Lipinski definition) is 1. The van der Waals surface area contributed by atoms with Gasteiger partial charge in [-0.2, -0.15) is 4.98 Å². The zero-order valence-electron chi connectivity index (χ0n) is 18.7. The highest BCUT2D eigenvalue weighted by atomic mass is 35.5. The molecule has 0 amide bonds. The number of nitrogens with one attached hydrogen (secondary N) is 1. The first kappa shape index (κ1) is 25.0. The van der Waals surface area contributed by atoms with Gasteiger partial charge in [0.15, 0.2) is 0 Å². The lowest BCUT2D eigenvalue weighted by atomic mass is 10.2. The molecule has 3 heterocycles. The molecular weight excluding hydrogens is 478 g/mol. The second kappa shape index (κ2) is 10.1. The van der Waals surface area contributed by atoms with Gasteiger partial charge in [-0.3, -0.25) is 0 Å². The number of benzene rings is 2. The molecule has 0 fully saturated rings. The zero-order valence-corrected chi connectivity index (χ0v) is 20.3. The van der Waals surface area contributed by atoms with E-state index >= 15 is 0 Å². The molecule has 176 valence electrons. The number of pyridine rings is 1. The molecule has 1 N–H and O–H groups in total. The number of methoxy groups -OCH3 is 1. The molecule has 5 aromatic rings. The second-order valence-corrected chi connectivity index (χ2v) is 7.45. The Morgan fingerprint density at radius 1 is 0.971 bits per heavy atom. The van der Waals surface area contributed by atoms with Crippen molar-refractivity contribution < 1.29 is 9.13 Å². The summed E-state index contributed by atoms with van der Waals surface area (Å²) in [6.45, 7) is 1.93. The first-order valence-corrected chi connectivity index (χ1v) is 10.1. The summed E-state index contributed by atoms with van der Waals surface area (Å²) in [5.41, 5.74) is 5.11. The van der Waals surface area contributed by atoms with Crippen LogP contribution >= 0.6 is 24.8 Å². The van der Waals surface area contributed by atoms with Crippen LogP contribution in [0.25, 0.3) is 28.1 Å². The van der Waals surface area contributed by atoms with Gasteiger partial charge in [-0.15, -0.1) is 24.8 Å². The van der Waals surface area contributed by atoms with E-state index in [9.17, 15) is 4.39 Å². The van der Waals surface area contributed by atoms with Crippen molar-refractivity contribution >= 4 is 47.4 Å². The third-order valence-corrected chi connectivity index (χ3v) is 5.30. The number of fused-ring (bicyclic) bond motifs is 1. The van der Waals surface area contributed by atoms with Crippen LogP contribution in [0.5, 0.6) is 5.88 Å². The van der Waals surface area contributed by atoms with Crippen LogP contribution in [0, 0.1) is 12.7 Å². The fourth-order valence-corrected chi connectivity index (χ4v) is 3.71. The highest BCUT2D eigenvalue weighted by Crippen LogP contribution is 2.31. The Kier molecular flexibility index (Phi) is 7.44. The average molecular weight is 501 g/mol. The van der Waals surface area contributed by atoms with Gasteiger partial charge in [-0.1, -0.05) is 6.07 Å². The first-order chi connectivity index (χ1) is 15.5. The van der Waals surface area contributed by atoms with Gasteiger partial charge >= 0.3 is 0 Å². The van der Waals surface area contributed by atoms with E-state index in [0.29, 0.717) is 11.7 Å². The Bertz CT molecular complexity index is 1430. The van der Waals surface area contributed by atoms with Crippen LogP contribution in [-0.2, 0) is 7.05 Å². The van der Waals surface area contributed by atoms with Crippen LogP contribution in [0.2, 0.25) is 0 Å². The Labute approximate surface area is 208 Å². The predicted molar refractivity (Wildman–Crippen MR) is 137 cm³/mol. The highest BCUT2D eigenvalue weighted by Gasteiger charge is 2.15. The lowest BCUT2D eigenvalue weighted by Crippen LogP contribution is -2.01. The van der Waals surface area contributed by atoms with E-state index in [0.717, 1.165) is 39.5 Å². The van der Waals surface area contributed by atoms with Crippen LogP contribution in [0.1, 0.15) is 5.69 Å². The second-order valence-electron chi connectivity index (χ2n) is 7.45. The minimum atomic E-state index is -0.274. The molecule has 0 unspecified atom stereocenters. The Morgan fingerprint density at radius 2 is 1.74 bits per heavy atom. The lowest BCUT2D eigenvalue weighted by molar-refractivity contribution is 0.396. The van der Waals surface area contributed by atoms with Gasteiger partial charge in [0.25, 0.3) is 0 Å². The Morgan fingerprint density at radius 3 is 2.41 bits per heavy atom. The first-order valence-electron chi connectivity index (χ1n) is 10.1. The van der Waals surface area contributed by atoms with Gasteiger partial charge < -0.3 is 19.2 Å². The molecule has 7 nitrogen and oxygen atoms in total. The Hall–Kier alpha value is -3.62. The number of para-hydroxylation sites is 1. The SMILES string of the molecule is COc1nc(Nc2cccc3c2nc(-c2ccc(F)cc2)n3C)ccc1-n1cnc(C)c1.Cl.Cl. The number of aromatic nitrogens is 5. The zero-order chi connectivity index (χ0) is 22.2. The number of aryl methyl sites for hydroxylation is 2. The van der Waals surface area contributed by atoms with E-state index in [1.807, 2.05) is 59.6 Å². The molecule has 34 heavy (non-hydrogen) atoms. The fourth-order valence-electron chi connectivity index (χ4n) is 3.71.